The summed E-state index contributed by atoms with van der Waals surface area (Å²) in [5.41, 5.74) is 7.12. The minimum atomic E-state index is -1.10. The lowest BCUT2D eigenvalue weighted by Gasteiger charge is -2.18. The molecule has 0 heterocycles. The molecule has 0 spiro atoms. The molecular weight excluding hydrogens is 262 g/mol. The first-order valence-corrected chi connectivity index (χ1v) is 5.99. The highest BCUT2D eigenvalue weighted by molar-refractivity contribution is 6.09. The average Bonchev–Trinajstić information content (AvgIpc) is 2.42. The molecule has 0 bridgehead atoms. The number of hydrogen-bond acceptors (Lipinski definition) is 2. The van der Waals surface area contributed by atoms with Gasteiger partial charge in [0.05, 0.1) is 5.56 Å². The smallest absolute Gasteiger partial charge is 0.260 e. The number of rotatable bonds is 2. The van der Waals surface area contributed by atoms with Gasteiger partial charge in [0.2, 0.25) is 0 Å². The summed E-state index contributed by atoms with van der Waals surface area (Å²) >= 11 is 0. The fraction of sp³-hybridized carbons (Fsp3) is 0.133. The molecule has 0 unspecified atom stereocenters. The van der Waals surface area contributed by atoms with Crippen LogP contribution in [0.25, 0.3) is 0 Å². The van der Waals surface area contributed by atoms with Crippen molar-refractivity contribution < 1.29 is 13.6 Å². The van der Waals surface area contributed by atoms with Gasteiger partial charge in [-0.3, -0.25) is 4.79 Å². The van der Waals surface area contributed by atoms with Crippen LogP contribution in [0.4, 0.5) is 20.2 Å². The summed E-state index contributed by atoms with van der Waals surface area (Å²) in [6, 6.07) is 8.87. The van der Waals surface area contributed by atoms with Crippen LogP contribution >= 0.6 is 0 Å². The standard InChI is InChI=1S/C15H14F2N2O/c1-9-3-5-10(6-4-9)19(2)15(20)11-7-12(16)13(17)8-14(11)18/h3-8H,18H2,1-2H3. The number of carbonyl (C=O) groups is 1. The molecule has 104 valence electrons. The predicted molar refractivity (Wildman–Crippen MR) is 74.7 cm³/mol. The number of aryl methyl sites for hydroxylation is 1. The highest BCUT2D eigenvalue weighted by atomic mass is 19.2. The van der Waals surface area contributed by atoms with E-state index in [0.29, 0.717) is 5.69 Å². The van der Waals surface area contributed by atoms with Crippen molar-refractivity contribution in [2.75, 3.05) is 17.7 Å². The zero-order valence-electron chi connectivity index (χ0n) is 11.2. The summed E-state index contributed by atoms with van der Waals surface area (Å²) < 4.78 is 26.2. The lowest BCUT2D eigenvalue weighted by molar-refractivity contribution is 0.0993. The molecule has 0 saturated carbocycles. The first-order chi connectivity index (χ1) is 9.40. The molecule has 0 aliphatic heterocycles. The molecule has 0 aliphatic rings. The van der Waals surface area contributed by atoms with E-state index in [9.17, 15) is 13.6 Å². The number of nitrogens with zero attached hydrogens (tertiary/aromatic N) is 1. The van der Waals surface area contributed by atoms with Crippen molar-refractivity contribution >= 4 is 17.3 Å². The summed E-state index contributed by atoms with van der Waals surface area (Å²) in [6.45, 7) is 1.93. The number of hydrogen-bond donors (Lipinski definition) is 1. The maximum absolute atomic E-state index is 13.2. The van der Waals surface area contributed by atoms with Crippen molar-refractivity contribution in [2.24, 2.45) is 0 Å². The Morgan fingerprint density at radius 2 is 1.65 bits per heavy atom. The maximum atomic E-state index is 13.2. The van der Waals surface area contributed by atoms with Crippen LogP contribution in [0.15, 0.2) is 36.4 Å². The van der Waals surface area contributed by atoms with Gasteiger partial charge < -0.3 is 10.6 Å². The number of benzene rings is 2. The van der Waals surface area contributed by atoms with Crippen molar-refractivity contribution in [3.05, 3.63) is 59.2 Å². The molecule has 0 radical (unpaired) electrons. The second-order valence-electron chi connectivity index (χ2n) is 4.55. The van der Waals surface area contributed by atoms with Gasteiger partial charge in [-0.25, -0.2) is 8.78 Å². The summed E-state index contributed by atoms with van der Waals surface area (Å²) in [7, 11) is 1.55. The van der Waals surface area contributed by atoms with Gasteiger partial charge in [-0.05, 0) is 25.1 Å². The third-order valence-corrected chi connectivity index (χ3v) is 3.05. The van der Waals surface area contributed by atoms with Crippen molar-refractivity contribution in [3.8, 4) is 0 Å². The van der Waals surface area contributed by atoms with E-state index in [1.54, 1.807) is 19.2 Å². The molecule has 0 fully saturated rings. The second-order valence-corrected chi connectivity index (χ2v) is 4.55. The SMILES string of the molecule is Cc1ccc(N(C)C(=O)c2cc(F)c(F)cc2N)cc1. The van der Waals surface area contributed by atoms with E-state index in [-0.39, 0.29) is 11.3 Å². The molecule has 0 atom stereocenters. The molecule has 3 nitrogen and oxygen atoms in total. The molecule has 2 rings (SSSR count). The summed E-state index contributed by atoms with van der Waals surface area (Å²) in [6.07, 6.45) is 0. The molecule has 0 aliphatic carbocycles. The van der Waals surface area contributed by atoms with Crippen LogP contribution in [0.2, 0.25) is 0 Å². The van der Waals surface area contributed by atoms with Gasteiger partial charge >= 0.3 is 0 Å². The van der Waals surface area contributed by atoms with Gasteiger partial charge in [0, 0.05) is 24.5 Å². The Morgan fingerprint density at radius 1 is 1.10 bits per heavy atom. The summed E-state index contributed by atoms with van der Waals surface area (Å²) in [5, 5.41) is 0. The van der Waals surface area contributed by atoms with Gasteiger partial charge in [-0.15, -0.1) is 0 Å². The van der Waals surface area contributed by atoms with E-state index in [1.165, 1.54) is 4.90 Å². The van der Waals surface area contributed by atoms with Crippen LogP contribution in [-0.2, 0) is 0 Å². The number of carbonyl (C=O) groups excluding carboxylic acids is 1. The van der Waals surface area contributed by atoms with Gasteiger partial charge in [-0.1, -0.05) is 17.7 Å². The molecule has 1 amide bonds. The van der Waals surface area contributed by atoms with Gasteiger partial charge in [0.15, 0.2) is 11.6 Å². The van der Waals surface area contributed by atoms with E-state index >= 15 is 0 Å². The van der Waals surface area contributed by atoms with Crippen LogP contribution < -0.4 is 10.6 Å². The Kier molecular flexibility index (Phi) is 3.70. The Morgan fingerprint density at radius 3 is 2.25 bits per heavy atom. The highest BCUT2D eigenvalue weighted by Crippen LogP contribution is 2.21. The normalized spacial score (nSPS) is 10.4. The number of nitrogen functional groups attached to an aromatic ring is 1. The predicted octanol–water partition coefficient (Wildman–Crippen LogP) is 3.13. The highest BCUT2D eigenvalue weighted by Gasteiger charge is 2.18. The Bertz CT molecular complexity index is 654. The molecule has 20 heavy (non-hydrogen) atoms. The topological polar surface area (TPSA) is 46.3 Å². The average molecular weight is 276 g/mol. The summed E-state index contributed by atoms with van der Waals surface area (Å²) in [5.74, 6) is -2.66. The first kappa shape index (κ1) is 14.0. The quantitative estimate of drug-likeness (QED) is 0.856. The minimum absolute atomic E-state index is 0.0630. The van der Waals surface area contributed by atoms with Crippen LogP contribution in [-0.4, -0.2) is 13.0 Å². The van der Waals surface area contributed by atoms with Crippen LogP contribution in [0.3, 0.4) is 0 Å². The number of nitrogens with two attached hydrogens (primary N) is 1. The van der Waals surface area contributed by atoms with Crippen molar-refractivity contribution in [2.45, 2.75) is 6.92 Å². The second kappa shape index (κ2) is 5.28. The van der Waals surface area contributed by atoms with E-state index in [0.717, 1.165) is 17.7 Å². The van der Waals surface area contributed by atoms with Crippen molar-refractivity contribution in [1.82, 2.24) is 0 Å². The van der Waals surface area contributed by atoms with Gasteiger partial charge in [-0.2, -0.15) is 0 Å². The molecule has 2 aromatic rings. The largest absolute Gasteiger partial charge is 0.398 e. The molecule has 2 aromatic carbocycles. The molecule has 2 N–H and O–H groups in total. The zero-order chi connectivity index (χ0) is 14.9. The van der Waals surface area contributed by atoms with E-state index < -0.39 is 17.5 Å². The van der Waals surface area contributed by atoms with E-state index in [4.69, 9.17) is 5.73 Å². The van der Waals surface area contributed by atoms with Crippen LogP contribution in [0.5, 0.6) is 0 Å². The Hall–Kier alpha value is -2.43. The van der Waals surface area contributed by atoms with E-state index in [1.807, 2.05) is 19.1 Å². The van der Waals surface area contributed by atoms with Crippen LogP contribution in [0.1, 0.15) is 15.9 Å². The van der Waals surface area contributed by atoms with Gasteiger partial charge in [0.25, 0.3) is 5.91 Å². The Labute approximate surface area is 115 Å². The lowest BCUT2D eigenvalue weighted by Crippen LogP contribution is -2.27. The monoisotopic (exact) mass is 276 g/mol. The minimum Gasteiger partial charge on any atom is -0.398 e. The number of anilines is 2. The third-order valence-electron chi connectivity index (χ3n) is 3.05. The first-order valence-electron chi connectivity index (χ1n) is 5.99. The fourth-order valence-corrected chi connectivity index (χ4v) is 1.81. The molecular formula is C15H14F2N2O. The van der Waals surface area contributed by atoms with Crippen LogP contribution in [0, 0.1) is 18.6 Å². The fourth-order valence-electron chi connectivity index (χ4n) is 1.81. The molecule has 0 saturated heterocycles. The lowest BCUT2D eigenvalue weighted by atomic mass is 10.1. The number of halogens is 2. The van der Waals surface area contributed by atoms with Crippen molar-refractivity contribution in [1.29, 1.82) is 0 Å². The van der Waals surface area contributed by atoms with Gasteiger partial charge in [0.1, 0.15) is 0 Å². The maximum Gasteiger partial charge on any atom is 0.260 e. The molecule has 5 heteroatoms. The zero-order valence-corrected chi connectivity index (χ0v) is 11.2. The number of amides is 1. The van der Waals surface area contributed by atoms with E-state index in [2.05, 4.69) is 0 Å². The molecule has 0 aromatic heterocycles. The third kappa shape index (κ3) is 2.61. The Balaban J connectivity index is 2.36. The van der Waals surface area contributed by atoms with Crippen molar-refractivity contribution in [3.63, 3.8) is 0 Å². The summed E-state index contributed by atoms with van der Waals surface area (Å²) in [4.78, 5) is 13.6.